The Balaban J connectivity index is 3.38. The molecular weight excluding hydrogens is 104 g/mol. The first-order valence-corrected chi connectivity index (χ1v) is 2.33. The number of carbonyl (C=O) groups is 1. The van der Waals surface area contributed by atoms with E-state index in [2.05, 4.69) is 6.58 Å². The van der Waals surface area contributed by atoms with Gasteiger partial charge in [0.05, 0.1) is 0 Å². The maximum absolute atomic E-state index is 10.1. The molecule has 0 aromatic rings. The first-order chi connectivity index (χ1) is 3.66. The van der Waals surface area contributed by atoms with Crippen molar-refractivity contribution in [2.75, 3.05) is 0 Å². The Labute approximate surface area is 48.4 Å². The average molecular weight is 114 g/mol. The summed E-state index contributed by atoms with van der Waals surface area (Å²) in [5.41, 5.74) is 10.1. The number of rotatable bonds is 3. The third-order valence-corrected chi connectivity index (χ3v) is 0.740. The van der Waals surface area contributed by atoms with Gasteiger partial charge in [0.2, 0.25) is 5.91 Å². The fourth-order valence-corrected chi connectivity index (χ4v) is 0.316. The number of primary amides is 1. The SMILES string of the molecule is C=CC(N)CC(N)=O. The lowest BCUT2D eigenvalue weighted by Gasteiger charge is -1.98. The Hall–Kier alpha value is -0.830. The Morgan fingerprint density at radius 2 is 2.38 bits per heavy atom. The van der Waals surface area contributed by atoms with E-state index in [0.29, 0.717) is 0 Å². The lowest BCUT2D eigenvalue weighted by molar-refractivity contribution is -0.118. The second kappa shape index (κ2) is 3.21. The van der Waals surface area contributed by atoms with Crippen LogP contribution in [0.25, 0.3) is 0 Å². The molecule has 0 heterocycles. The van der Waals surface area contributed by atoms with Crippen LogP contribution >= 0.6 is 0 Å². The maximum atomic E-state index is 10.1. The van der Waals surface area contributed by atoms with Gasteiger partial charge in [0.15, 0.2) is 0 Å². The van der Waals surface area contributed by atoms with Crippen LogP contribution < -0.4 is 11.5 Å². The Bertz CT molecular complexity index is 101. The predicted octanol–water partition coefficient (Wildman–Crippen LogP) is -0.625. The Kier molecular flexibility index (Phi) is 2.88. The van der Waals surface area contributed by atoms with E-state index >= 15 is 0 Å². The predicted molar refractivity (Wildman–Crippen MR) is 32.0 cm³/mol. The molecule has 1 amide bonds. The van der Waals surface area contributed by atoms with Crippen molar-refractivity contribution in [3.05, 3.63) is 12.7 Å². The zero-order chi connectivity index (χ0) is 6.57. The van der Waals surface area contributed by atoms with Gasteiger partial charge in [-0.05, 0) is 0 Å². The van der Waals surface area contributed by atoms with Crippen molar-refractivity contribution in [3.63, 3.8) is 0 Å². The Morgan fingerprint density at radius 1 is 1.88 bits per heavy atom. The number of hydrogen-bond acceptors (Lipinski definition) is 2. The quantitative estimate of drug-likeness (QED) is 0.480. The van der Waals surface area contributed by atoms with Gasteiger partial charge in [-0.25, -0.2) is 0 Å². The van der Waals surface area contributed by atoms with Gasteiger partial charge in [-0.15, -0.1) is 6.58 Å². The molecule has 0 aromatic carbocycles. The van der Waals surface area contributed by atoms with E-state index in [-0.39, 0.29) is 12.5 Å². The van der Waals surface area contributed by atoms with Crippen LogP contribution in [0.2, 0.25) is 0 Å². The molecule has 46 valence electrons. The molecule has 0 aromatic heterocycles. The highest BCUT2D eigenvalue weighted by Gasteiger charge is 1.98. The van der Waals surface area contributed by atoms with Crippen molar-refractivity contribution in [3.8, 4) is 0 Å². The molecule has 3 nitrogen and oxygen atoms in total. The molecule has 0 bridgehead atoms. The molecule has 0 aliphatic carbocycles. The molecule has 1 unspecified atom stereocenters. The highest BCUT2D eigenvalue weighted by atomic mass is 16.1. The molecule has 8 heavy (non-hydrogen) atoms. The van der Waals surface area contributed by atoms with Gasteiger partial charge < -0.3 is 11.5 Å². The van der Waals surface area contributed by atoms with E-state index in [1.807, 2.05) is 0 Å². The first-order valence-electron chi connectivity index (χ1n) is 2.33. The minimum atomic E-state index is -0.391. The van der Waals surface area contributed by atoms with E-state index in [9.17, 15) is 4.79 Å². The van der Waals surface area contributed by atoms with Crippen LogP contribution in [-0.2, 0) is 4.79 Å². The summed E-state index contributed by atoms with van der Waals surface area (Å²) in [5, 5.41) is 0. The van der Waals surface area contributed by atoms with E-state index < -0.39 is 5.91 Å². The summed E-state index contributed by atoms with van der Waals surface area (Å²) in [5.74, 6) is -0.391. The lowest BCUT2D eigenvalue weighted by Crippen LogP contribution is -2.25. The summed E-state index contributed by atoms with van der Waals surface area (Å²) < 4.78 is 0. The molecule has 0 fully saturated rings. The summed E-state index contributed by atoms with van der Waals surface area (Å²) in [6.07, 6.45) is 1.67. The number of hydrogen-bond donors (Lipinski definition) is 2. The largest absolute Gasteiger partial charge is 0.370 e. The smallest absolute Gasteiger partial charge is 0.219 e. The minimum Gasteiger partial charge on any atom is -0.370 e. The van der Waals surface area contributed by atoms with Gasteiger partial charge in [0.1, 0.15) is 0 Å². The maximum Gasteiger partial charge on any atom is 0.219 e. The molecule has 0 rings (SSSR count). The topological polar surface area (TPSA) is 69.1 Å². The van der Waals surface area contributed by atoms with Crippen molar-refractivity contribution in [1.82, 2.24) is 0 Å². The van der Waals surface area contributed by atoms with E-state index in [1.54, 1.807) is 0 Å². The number of amides is 1. The van der Waals surface area contributed by atoms with Crippen LogP contribution in [0.15, 0.2) is 12.7 Å². The van der Waals surface area contributed by atoms with Gasteiger partial charge in [-0.1, -0.05) is 6.08 Å². The molecule has 0 radical (unpaired) electrons. The highest BCUT2D eigenvalue weighted by Crippen LogP contribution is 1.84. The standard InChI is InChI=1S/C5H10N2O/c1-2-4(6)3-5(7)8/h2,4H,1,3,6H2,(H2,7,8). The monoisotopic (exact) mass is 114 g/mol. The molecule has 0 aliphatic rings. The van der Waals surface area contributed by atoms with Crippen LogP contribution in [0.1, 0.15) is 6.42 Å². The van der Waals surface area contributed by atoms with Crippen molar-refractivity contribution >= 4 is 5.91 Å². The summed E-state index contributed by atoms with van der Waals surface area (Å²) in [4.78, 5) is 10.1. The van der Waals surface area contributed by atoms with Gasteiger partial charge in [0.25, 0.3) is 0 Å². The normalized spacial score (nSPS) is 12.6. The lowest BCUT2D eigenvalue weighted by atomic mass is 10.2. The molecule has 1 atom stereocenters. The fourth-order valence-electron chi connectivity index (χ4n) is 0.316. The van der Waals surface area contributed by atoms with Crippen LogP contribution in [0.3, 0.4) is 0 Å². The summed E-state index contributed by atoms with van der Waals surface area (Å²) in [6, 6.07) is -0.285. The highest BCUT2D eigenvalue weighted by molar-refractivity contribution is 5.74. The zero-order valence-electron chi connectivity index (χ0n) is 4.63. The van der Waals surface area contributed by atoms with Crippen molar-refractivity contribution in [2.24, 2.45) is 11.5 Å². The molecule has 0 saturated carbocycles. The molecule has 0 spiro atoms. The third kappa shape index (κ3) is 3.36. The van der Waals surface area contributed by atoms with Crippen molar-refractivity contribution in [2.45, 2.75) is 12.5 Å². The Morgan fingerprint density at radius 3 is 2.50 bits per heavy atom. The second-order valence-corrected chi connectivity index (χ2v) is 1.57. The molecule has 4 N–H and O–H groups in total. The average Bonchev–Trinajstić information content (AvgIpc) is 1.65. The van der Waals surface area contributed by atoms with Crippen LogP contribution in [0.4, 0.5) is 0 Å². The summed E-state index contributed by atoms with van der Waals surface area (Å²) >= 11 is 0. The van der Waals surface area contributed by atoms with Gasteiger partial charge >= 0.3 is 0 Å². The third-order valence-electron chi connectivity index (χ3n) is 0.740. The van der Waals surface area contributed by atoms with Gasteiger partial charge in [0, 0.05) is 12.5 Å². The van der Waals surface area contributed by atoms with E-state index in [4.69, 9.17) is 11.5 Å². The fraction of sp³-hybridized carbons (Fsp3) is 0.400. The summed E-state index contributed by atoms with van der Waals surface area (Å²) in [7, 11) is 0. The number of nitrogens with two attached hydrogens (primary N) is 2. The van der Waals surface area contributed by atoms with Gasteiger partial charge in [-0.3, -0.25) is 4.79 Å². The first kappa shape index (κ1) is 7.17. The molecule has 0 saturated heterocycles. The number of carbonyl (C=O) groups excluding carboxylic acids is 1. The van der Waals surface area contributed by atoms with Crippen LogP contribution in [0.5, 0.6) is 0 Å². The minimum absolute atomic E-state index is 0.184. The van der Waals surface area contributed by atoms with E-state index in [0.717, 1.165) is 0 Å². The molecular formula is C5H10N2O. The van der Waals surface area contributed by atoms with Crippen molar-refractivity contribution in [1.29, 1.82) is 0 Å². The van der Waals surface area contributed by atoms with Crippen molar-refractivity contribution < 1.29 is 4.79 Å². The summed E-state index contributed by atoms with van der Waals surface area (Å²) in [6.45, 7) is 3.38. The molecule has 3 heteroatoms. The van der Waals surface area contributed by atoms with Crippen LogP contribution in [0, 0.1) is 0 Å². The zero-order valence-corrected chi connectivity index (χ0v) is 4.63. The molecule has 0 aliphatic heterocycles. The van der Waals surface area contributed by atoms with E-state index in [1.165, 1.54) is 6.08 Å². The van der Waals surface area contributed by atoms with Gasteiger partial charge in [-0.2, -0.15) is 0 Å². The second-order valence-electron chi connectivity index (χ2n) is 1.57. The van der Waals surface area contributed by atoms with Crippen LogP contribution in [-0.4, -0.2) is 11.9 Å².